The fraction of sp³-hybridized carbons (Fsp3) is 0.467. The monoisotopic (exact) mass is 539 g/mol. The maximum absolute atomic E-state index is 12.4. The van der Waals surface area contributed by atoms with E-state index in [9.17, 15) is 24.0 Å². The van der Waals surface area contributed by atoms with Crippen molar-refractivity contribution in [2.45, 2.75) is 52.6 Å². The molecule has 3 atom stereocenters. The van der Waals surface area contributed by atoms with E-state index in [4.69, 9.17) is 5.73 Å². The number of hydrogen-bond donors (Lipinski definition) is 2. The molecule has 0 aromatic heterocycles. The fourth-order valence-corrected chi connectivity index (χ4v) is 3.49. The molecule has 1 saturated heterocycles. The molecule has 0 saturated carbocycles. The number of rotatable bonds is 7. The van der Waals surface area contributed by atoms with E-state index in [-0.39, 0.29) is 30.1 Å². The van der Waals surface area contributed by atoms with Crippen LogP contribution in [0.15, 0.2) is 54.6 Å². The lowest BCUT2D eigenvalue weighted by Crippen LogP contribution is -2.40. The largest absolute Gasteiger partial charge is 0.326 e. The summed E-state index contributed by atoms with van der Waals surface area (Å²) in [6.07, 6.45) is 1.53. The number of carbonyl (C=O) groups excluding carboxylic acids is 3. The molecular weight excluding hydrogens is 497 g/mol. The summed E-state index contributed by atoms with van der Waals surface area (Å²) in [7, 11) is 3.60. The summed E-state index contributed by atoms with van der Waals surface area (Å²) >= 11 is 0. The van der Waals surface area contributed by atoms with Gasteiger partial charge in [0.05, 0.1) is 24.6 Å². The number of aldehydes is 1. The molecule has 2 amide bonds. The zero-order valence-electron chi connectivity index (χ0n) is 23.9. The molecular formula is C30H42FN5O3. The average Bonchev–Trinajstić information content (AvgIpc) is 3.30. The van der Waals surface area contributed by atoms with E-state index < -0.39 is 12.1 Å². The fourth-order valence-electron chi connectivity index (χ4n) is 3.49. The standard InChI is InChI=1S/C16H20N4O2.C9H10FNO.C5H12/c1-19(2)11-15(21)20-10-12(8-14(20)9-17)16(22)18-13-6-4-3-5-7-13;10-8-3-1-7(2-4-8)5-9(11)6-12;1-5(2,3)4/h3-7,12,14H,8,10-11H2,1-2H3,(H,18,22);1-4,6,9H,5,11H2;1-4H3. The van der Waals surface area contributed by atoms with Gasteiger partial charge in [-0.25, -0.2) is 4.39 Å². The predicted molar refractivity (Wildman–Crippen MR) is 152 cm³/mol. The number of nitrogens with one attached hydrogen (secondary N) is 1. The first-order chi connectivity index (χ1) is 18.2. The molecule has 9 heteroatoms. The lowest BCUT2D eigenvalue weighted by Gasteiger charge is -2.21. The Labute approximate surface area is 232 Å². The summed E-state index contributed by atoms with van der Waals surface area (Å²) in [5.74, 6) is -0.896. The van der Waals surface area contributed by atoms with E-state index in [1.807, 2.05) is 30.3 Å². The number of anilines is 1. The highest BCUT2D eigenvalue weighted by Gasteiger charge is 2.38. The maximum Gasteiger partial charge on any atom is 0.237 e. The van der Waals surface area contributed by atoms with Gasteiger partial charge in [0, 0.05) is 12.2 Å². The van der Waals surface area contributed by atoms with Gasteiger partial charge in [0.15, 0.2) is 0 Å². The first-order valence-electron chi connectivity index (χ1n) is 12.9. The van der Waals surface area contributed by atoms with Gasteiger partial charge in [-0.1, -0.05) is 58.0 Å². The van der Waals surface area contributed by atoms with Crippen molar-refractivity contribution in [2.75, 3.05) is 32.5 Å². The van der Waals surface area contributed by atoms with Crippen molar-refractivity contribution in [3.8, 4) is 6.07 Å². The van der Waals surface area contributed by atoms with E-state index in [0.29, 0.717) is 31.1 Å². The van der Waals surface area contributed by atoms with E-state index in [2.05, 4.69) is 39.1 Å². The van der Waals surface area contributed by atoms with Gasteiger partial charge in [-0.2, -0.15) is 5.26 Å². The summed E-state index contributed by atoms with van der Waals surface area (Å²) in [5.41, 5.74) is 7.47. The second-order valence-electron chi connectivity index (χ2n) is 11.3. The Hall–Kier alpha value is -3.61. The van der Waals surface area contributed by atoms with Crippen LogP contribution in [0.2, 0.25) is 0 Å². The second kappa shape index (κ2) is 16.4. The molecule has 0 aliphatic carbocycles. The van der Waals surface area contributed by atoms with Crippen LogP contribution in [0, 0.1) is 28.5 Å². The number of amides is 2. The van der Waals surface area contributed by atoms with E-state index in [1.54, 1.807) is 31.1 Å². The molecule has 39 heavy (non-hydrogen) atoms. The molecule has 1 fully saturated rings. The Morgan fingerprint density at radius 2 is 1.72 bits per heavy atom. The Balaban J connectivity index is 0.000000373. The van der Waals surface area contributed by atoms with Crippen molar-refractivity contribution in [3.63, 3.8) is 0 Å². The number of carbonyl (C=O) groups is 3. The van der Waals surface area contributed by atoms with Crippen LogP contribution in [0.5, 0.6) is 0 Å². The molecule has 1 heterocycles. The lowest BCUT2D eigenvalue weighted by molar-refractivity contribution is -0.132. The van der Waals surface area contributed by atoms with Crippen molar-refractivity contribution in [1.82, 2.24) is 9.80 Å². The predicted octanol–water partition coefficient (Wildman–Crippen LogP) is 3.87. The number of para-hydroxylation sites is 1. The zero-order chi connectivity index (χ0) is 29.6. The third-order valence-electron chi connectivity index (χ3n) is 5.19. The van der Waals surface area contributed by atoms with E-state index >= 15 is 0 Å². The molecule has 2 aromatic carbocycles. The average molecular weight is 540 g/mol. The number of nitrogens with zero attached hydrogens (tertiary/aromatic N) is 3. The summed E-state index contributed by atoms with van der Waals surface area (Å²) < 4.78 is 12.4. The molecule has 1 aliphatic rings. The second-order valence-corrected chi connectivity index (χ2v) is 11.3. The number of nitrogens with two attached hydrogens (primary N) is 1. The highest BCUT2D eigenvalue weighted by molar-refractivity contribution is 5.93. The van der Waals surface area contributed by atoms with E-state index in [0.717, 1.165) is 11.3 Å². The maximum atomic E-state index is 12.4. The molecule has 1 aliphatic heterocycles. The zero-order valence-corrected chi connectivity index (χ0v) is 23.9. The van der Waals surface area contributed by atoms with Gasteiger partial charge < -0.3 is 25.6 Å². The van der Waals surface area contributed by atoms with Gasteiger partial charge >= 0.3 is 0 Å². The smallest absolute Gasteiger partial charge is 0.237 e. The van der Waals surface area contributed by atoms with Crippen LogP contribution in [0.25, 0.3) is 0 Å². The number of likely N-dealkylation sites (N-methyl/N-ethyl adjacent to an activating group) is 1. The topological polar surface area (TPSA) is 120 Å². The van der Waals surface area contributed by atoms with Crippen LogP contribution >= 0.6 is 0 Å². The number of likely N-dealkylation sites (tertiary alicyclic amines) is 1. The summed E-state index contributed by atoms with van der Waals surface area (Å²) in [4.78, 5) is 37.9. The summed E-state index contributed by atoms with van der Waals surface area (Å²) in [6, 6.07) is 16.2. The Morgan fingerprint density at radius 3 is 2.21 bits per heavy atom. The van der Waals surface area contributed by atoms with Crippen LogP contribution < -0.4 is 11.1 Å². The molecule has 8 nitrogen and oxygen atoms in total. The van der Waals surface area contributed by atoms with Crippen molar-refractivity contribution in [2.24, 2.45) is 17.1 Å². The highest BCUT2D eigenvalue weighted by Crippen LogP contribution is 2.24. The number of halogens is 1. The third-order valence-corrected chi connectivity index (χ3v) is 5.19. The minimum Gasteiger partial charge on any atom is -0.326 e. The number of benzene rings is 2. The highest BCUT2D eigenvalue weighted by atomic mass is 19.1. The summed E-state index contributed by atoms with van der Waals surface area (Å²) in [6.45, 7) is 9.29. The molecule has 3 N–H and O–H groups in total. The van der Waals surface area contributed by atoms with Crippen molar-refractivity contribution in [3.05, 3.63) is 66.0 Å². The third kappa shape index (κ3) is 14.2. The van der Waals surface area contributed by atoms with Gasteiger partial charge in [-0.05, 0) is 62.2 Å². The minimum atomic E-state index is -0.529. The Morgan fingerprint density at radius 1 is 1.15 bits per heavy atom. The minimum absolute atomic E-state index is 0.119. The molecule has 0 bridgehead atoms. The molecule has 2 aromatic rings. The lowest BCUT2D eigenvalue weighted by atomic mass is 10.0. The van der Waals surface area contributed by atoms with Gasteiger partial charge in [0.25, 0.3) is 0 Å². The number of hydrogen-bond acceptors (Lipinski definition) is 6. The first-order valence-corrected chi connectivity index (χ1v) is 12.9. The summed E-state index contributed by atoms with van der Waals surface area (Å²) in [5, 5.41) is 12.1. The van der Waals surface area contributed by atoms with Gasteiger partial charge in [-0.15, -0.1) is 0 Å². The Kier molecular flexibility index (Phi) is 14.0. The van der Waals surface area contributed by atoms with Gasteiger partial charge in [0.2, 0.25) is 11.8 Å². The van der Waals surface area contributed by atoms with Crippen LogP contribution in [-0.4, -0.2) is 67.2 Å². The number of nitriles is 1. The molecule has 212 valence electrons. The van der Waals surface area contributed by atoms with Crippen LogP contribution in [0.1, 0.15) is 39.7 Å². The SMILES string of the molecule is CC(C)(C)C.CN(C)CC(=O)N1CC(C(=O)Nc2ccccc2)CC1C#N.NC(C=O)Cc1ccc(F)cc1. The molecule has 3 rings (SSSR count). The normalized spacial score (nSPS) is 17.1. The molecule has 0 radical (unpaired) electrons. The van der Waals surface area contributed by atoms with Crippen LogP contribution in [0.3, 0.4) is 0 Å². The quantitative estimate of drug-likeness (QED) is 0.516. The van der Waals surface area contributed by atoms with Gasteiger partial charge in [0.1, 0.15) is 18.1 Å². The van der Waals surface area contributed by atoms with Gasteiger partial charge in [-0.3, -0.25) is 9.59 Å². The Bertz CT molecular complexity index is 1070. The van der Waals surface area contributed by atoms with Crippen molar-refractivity contribution in [1.29, 1.82) is 5.26 Å². The molecule has 0 spiro atoms. The van der Waals surface area contributed by atoms with Crippen molar-refractivity contribution < 1.29 is 18.8 Å². The van der Waals surface area contributed by atoms with Crippen molar-refractivity contribution >= 4 is 23.8 Å². The van der Waals surface area contributed by atoms with Crippen LogP contribution in [0.4, 0.5) is 10.1 Å². The van der Waals surface area contributed by atoms with Crippen LogP contribution in [-0.2, 0) is 20.8 Å². The van der Waals surface area contributed by atoms with E-state index in [1.165, 1.54) is 17.0 Å². The first kappa shape index (κ1) is 33.4. The molecule has 3 unspecified atom stereocenters.